The molecule has 10 heavy (non-hydrogen) atoms. The van der Waals surface area contributed by atoms with Crippen LogP contribution in [0.4, 0.5) is 4.79 Å². The maximum atomic E-state index is 9.00. The second kappa shape index (κ2) is 16.0. The average molecular weight is 217 g/mol. The third-order valence-corrected chi connectivity index (χ3v) is 0. The van der Waals surface area contributed by atoms with Crippen molar-refractivity contribution < 1.29 is 44.4 Å². The SMILES string of the molecule is CC(=O)O.O=C(O)O.[AlH3].[Zn]. The van der Waals surface area contributed by atoms with Gasteiger partial charge in [0.05, 0.1) is 0 Å². The van der Waals surface area contributed by atoms with Gasteiger partial charge >= 0.3 is 6.16 Å². The summed E-state index contributed by atoms with van der Waals surface area (Å²) in [4.78, 5) is 17.6. The maximum Gasteiger partial charge on any atom is 0.503 e. The van der Waals surface area contributed by atoms with Crippen LogP contribution in [0.15, 0.2) is 0 Å². The first kappa shape index (κ1) is 22.5. The molecule has 0 aromatic carbocycles. The van der Waals surface area contributed by atoms with E-state index in [1.807, 2.05) is 0 Å². The van der Waals surface area contributed by atoms with Gasteiger partial charge in [0.25, 0.3) is 5.97 Å². The van der Waals surface area contributed by atoms with Gasteiger partial charge in [0.15, 0.2) is 17.4 Å². The van der Waals surface area contributed by atoms with Gasteiger partial charge in [-0.15, -0.1) is 0 Å². The number of hydrogen-bond donors (Lipinski definition) is 3. The number of aliphatic carboxylic acids is 1. The summed E-state index contributed by atoms with van der Waals surface area (Å²) < 4.78 is 0. The smallest absolute Gasteiger partial charge is 0.481 e. The third-order valence-electron chi connectivity index (χ3n) is 0. The molecule has 0 fully saturated rings. The van der Waals surface area contributed by atoms with E-state index < -0.39 is 12.1 Å². The predicted octanol–water partition coefficient (Wildman–Crippen LogP) is -0.873. The van der Waals surface area contributed by atoms with Crippen LogP contribution in [-0.2, 0) is 24.3 Å². The Morgan fingerprint density at radius 1 is 1.10 bits per heavy atom. The van der Waals surface area contributed by atoms with Crippen molar-refractivity contribution in [3.8, 4) is 0 Å². The van der Waals surface area contributed by atoms with Crippen molar-refractivity contribution in [2.24, 2.45) is 0 Å². The molecule has 0 bridgehead atoms. The molecule has 0 aromatic heterocycles. The van der Waals surface area contributed by atoms with Crippen molar-refractivity contribution in [2.75, 3.05) is 0 Å². The molecular formula is C3H9AlO5Zn. The van der Waals surface area contributed by atoms with Crippen LogP contribution in [0.1, 0.15) is 6.92 Å². The summed E-state index contributed by atoms with van der Waals surface area (Å²) in [6, 6.07) is 0. The van der Waals surface area contributed by atoms with Gasteiger partial charge in [-0.1, -0.05) is 0 Å². The van der Waals surface area contributed by atoms with Crippen LogP contribution in [0.2, 0.25) is 0 Å². The van der Waals surface area contributed by atoms with Crippen molar-refractivity contribution in [3.05, 3.63) is 0 Å². The maximum absolute atomic E-state index is 9.00. The van der Waals surface area contributed by atoms with Gasteiger partial charge < -0.3 is 15.3 Å². The summed E-state index contributed by atoms with van der Waals surface area (Å²) in [5.41, 5.74) is 0. The molecule has 0 radical (unpaired) electrons. The molecule has 0 aromatic rings. The first-order valence-corrected chi connectivity index (χ1v) is 1.58. The van der Waals surface area contributed by atoms with E-state index in [9.17, 15) is 0 Å². The summed E-state index contributed by atoms with van der Waals surface area (Å²) in [5.74, 6) is -0.833. The topological polar surface area (TPSA) is 94.8 Å². The average Bonchev–Trinajstić information content (AvgIpc) is 1.25. The fourth-order valence-electron chi connectivity index (χ4n) is 0. The summed E-state index contributed by atoms with van der Waals surface area (Å²) in [7, 11) is 0. The Bertz CT molecular complexity index is 74.9. The van der Waals surface area contributed by atoms with E-state index in [-0.39, 0.29) is 36.8 Å². The van der Waals surface area contributed by atoms with Gasteiger partial charge in [0, 0.05) is 26.4 Å². The van der Waals surface area contributed by atoms with Gasteiger partial charge in [-0.2, -0.15) is 0 Å². The van der Waals surface area contributed by atoms with Crippen LogP contribution in [-0.4, -0.2) is 44.8 Å². The first-order chi connectivity index (χ1) is 3.46. The molecule has 5 nitrogen and oxygen atoms in total. The van der Waals surface area contributed by atoms with Gasteiger partial charge in [0.2, 0.25) is 0 Å². The van der Waals surface area contributed by atoms with Crippen LogP contribution in [0, 0.1) is 0 Å². The second-order valence-corrected chi connectivity index (χ2v) is 0.802. The second-order valence-electron chi connectivity index (χ2n) is 0.802. The fraction of sp³-hybridized carbons (Fsp3) is 0.333. The van der Waals surface area contributed by atoms with E-state index >= 15 is 0 Å². The van der Waals surface area contributed by atoms with Crippen LogP contribution in [0.25, 0.3) is 0 Å². The summed E-state index contributed by atoms with van der Waals surface area (Å²) in [6.45, 7) is 1.08. The Morgan fingerprint density at radius 3 is 1.10 bits per heavy atom. The Labute approximate surface area is 80.9 Å². The van der Waals surface area contributed by atoms with Crippen molar-refractivity contribution in [3.63, 3.8) is 0 Å². The van der Waals surface area contributed by atoms with E-state index in [1.54, 1.807) is 0 Å². The van der Waals surface area contributed by atoms with Crippen molar-refractivity contribution in [1.82, 2.24) is 0 Å². The minimum atomic E-state index is -1.83. The summed E-state index contributed by atoms with van der Waals surface area (Å²) in [6.07, 6.45) is -1.83. The Kier molecular flexibility index (Phi) is 35.9. The normalized spacial score (nSPS) is 4.90. The molecule has 0 amide bonds. The molecule has 0 aliphatic carbocycles. The zero-order valence-electron chi connectivity index (χ0n) is 4.87. The number of hydrogen-bond acceptors (Lipinski definition) is 2. The number of carboxylic acids is 1. The van der Waals surface area contributed by atoms with Gasteiger partial charge in [-0.05, 0) is 0 Å². The Hall–Kier alpha value is -0.104. The molecule has 56 valence electrons. The van der Waals surface area contributed by atoms with E-state index in [0.29, 0.717) is 0 Å². The van der Waals surface area contributed by atoms with Crippen molar-refractivity contribution in [1.29, 1.82) is 0 Å². The molecule has 0 heterocycles. The molecule has 0 aliphatic heterocycles. The van der Waals surface area contributed by atoms with Crippen molar-refractivity contribution >= 4 is 29.5 Å². The molecule has 3 N–H and O–H groups in total. The zero-order chi connectivity index (χ0) is 7.15. The van der Waals surface area contributed by atoms with Crippen LogP contribution >= 0.6 is 0 Å². The quantitative estimate of drug-likeness (QED) is 0.458. The molecule has 0 spiro atoms. The minimum Gasteiger partial charge on any atom is -0.481 e. The molecule has 0 saturated heterocycles. The fourth-order valence-corrected chi connectivity index (χ4v) is 0. The Morgan fingerprint density at radius 2 is 1.10 bits per heavy atom. The third kappa shape index (κ3) is 34600. The van der Waals surface area contributed by atoms with E-state index in [2.05, 4.69) is 0 Å². The summed E-state index contributed by atoms with van der Waals surface area (Å²) in [5, 5.41) is 21.4. The number of carboxylic acid groups (broad SMARTS) is 3. The monoisotopic (exact) mass is 216 g/mol. The molecule has 0 rings (SSSR count). The van der Waals surface area contributed by atoms with E-state index in [1.165, 1.54) is 0 Å². The van der Waals surface area contributed by atoms with Crippen LogP contribution in [0.5, 0.6) is 0 Å². The van der Waals surface area contributed by atoms with E-state index in [0.717, 1.165) is 6.92 Å². The van der Waals surface area contributed by atoms with Crippen LogP contribution in [0.3, 0.4) is 0 Å². The minimum absolute atomic E-state index is 0. The Balaban J connectivity index is -0.0000000300. The predicted molar refractivity (Wildman–Crippen MR) is 33.9 cm³/mol. The zero-order valence-corrected chi connectivity index (χ0v) is 7.83. The number of rotatable bonds is 0. The van der Waals surface area contributed by atoms with Gasteiger partial charge in [-0.25, -0.2) is 4.79 Å². The first-order valence-electron chi connectivity index (χ1n) is 1.58. The largest absolute Gasteiger partial charge is 0.503 e. The molecular weight excluding hydrogens is 208 g/mol. The van der Waals surface area contributed by atoms with Gasteiger partial charge in [0.1, 0.15) is 0 Å². The standard InChI is InChI=1S/C2H4O2.CH2O3.Al.Zn.3H/c1-2(3)4;2-1(3)4;;;;;/h1H3,(H,3,4);(H2,2,3,4);;;;;. The molecule has 0 atom stereocenters. The molecule has 7 heteroatoms. The van der Waals surface area contributed by atoms with Crippen LogP contribution < -0.4 is 0 Å². The molecule has 0 unspecified atom stereocenters. The summed E-state index contributed by atoms with van der Waals surface area (Å²) >= 11 is 0. The molecule has 0 saturated carbocycles. The number of carbonyl (C=O) groups is 2. The van der Waals surface area contributed by atoms with E-state index in [4.69, 9.17) is 24.9 Å². The van der Waals surface area contributed by atoms with Gasteiger partial charge in [-0.3, -0.25) is 4.79 Å². The molecule has 0 aliphatic rings. The van der Waals surface area contributed by atoms with Crippen molar-refractivity contribution in [2.45, 2.75) is 6.92 Å².